The molecule has 1 amide bonds. The summed E-state index contributed by atoms with van der Waals surface area (Å²) >= 11 is 0. The van der Waals surface area contributed by atoms with Crippen LogP contribution in [0.15, 0.2) is 0 Å². The molecule has 1 heterocycles. The van der Waals surface area contributed by atoms with E-state index in [2.05, 4.69) is 4.74 Å². The van der Waals surface area contributed by atoms with Gasteiger partial charge in [-0.25, -0.2) is 4.79 Å². The maximum absolute atomic E-state index is 12.0. The van der Waals surface area contributed by atoms with Gasteiger partial charge in [0.2, 0.25) is 0 Å². The number of methoxy groups -OCH3 is 1. The molecule has 2 unspecified atom stereocenters. The molecule has 0 aromatic rings. The topological polar surface area (TPSA) is 72.9 Å². The van der Waals surface area contributed by atoms with Gasteiger partial charge in [-0.2, -0.15) is 0 Å². The number of ketones is 1. The molecule has 1 aliphatic heterocycles. The summed E-state index contributed by atoms with van der Waals surface area (Å²) in [7, 11) is 1.23. The number of rotatable bonds is 1. The zero-order valence-electron chi connectivity index (χ0n) is 12.1. The minimum absolute atomic E-state index is 0.0186. The molecule has 0 bridgehead atoms. The Balaban J connectivity index is 2.79. The van der Waals surface area contributed by atoms with Crippen molar-refractivity contribution in [3.05, 3.63) is 0 Å². The summed E-state index contributed by atoms with van der Waals surface area (Å²) in [5.74, 6) is -2.11. The highest BCUT2D eigenvalue weighted by atomic mass is 16.6. The second-order valence-electron chi connectivity index (χ2n) is 5.76. The number of Topliss-reactive ketones (excluding diaryl/α,β-unsaturated/α-hetero) is 1. The van der Waals surface area contributed by atoms with E-state index in [0.29, 0.717) is 0 Å². The highest BCUT2D eigenvalue weighted by Crippen LogP contribution is 2.21. The Hall–Kier alpha value is -1.59. The molecule has 0 aromatic carbocycles. The lowest BCUT2D eigenvalue weighted by Gasteiger charge is -2.35. The molecule has 0 radical (unpaired) electrons. The van der Waals surface area contributed by atoms with Crippen LogP contribution in [0.1, 0.15) is 27.7 Å². The maximum Gasteiger partial charge on any atom is 0.410 e. The molecule has 1 saturated heterocycles. The van der Waals surface area contributed by atoms with Gasteiger partial charge in [0.15, 0.2) is 5.78 Å². The number of carbonyl (C=O) groups is 3. The van der Waals surface area contributed by atoms with Crippen molar-refractivity contribution < 1.29 is 23.9 Å². The largest absolute Gasteiger partial charge is 0.468 e. The number of likely N-dealkylation sites (tertiary alicyclic amines) is 1. The van der Waals surface area contributed by atoms with Crippen LogP contribution in [0.2, 0.25) is 0 Å². The first kappa shape index (κ1) is 15.5. The second kappa shape index (κ2) is 5.59. The summed E-state index contributed by atoms with van der Waals surface area (Å²) in [5.41, 5.74) is -0.609. The number of carbonyl (C=O) groups excluding carboxylic acids is 3. The summed E-state index contributed by atoms with van der Waals surface area (Å²) in [4.78, 5) is 36.8. The van der Waals surface area contributed by atoms with Gasteiger partial charge in [-0.15, -0.1) is 0 Å². The molecule has 0 aliphatic carbocycles. The molecule has 0 N–H and O–H groups in total. The Labute approximate surface area is 113 Å². The highest BCUT2D eigenvalue weighted by Gasteiger charge is 2.40. The molecule has 1 fully saturated rings. The highest BCUT2D eigenvalue weighted by molar-refractivity contribution is 6.01. The van der Waals surface area contributed by atoms with E-state index in [4.69, 9.17) is 4.74 Å². The molecular formula is C13H21NO5. The number of nitrogens with zero attached hydrogens (tertiary/aromatic N) is 1. The molecular weight excluding hydrogens is 250 g/mol. The van der Waals surface area contributed by atoms with E-state index < -0.39 is 29.5 Å². The van der Waals surface area contributed by atoms with E-state index in [1.807, 2.05) is 0 Å². The van der Waals surface area contributed by atoms with Gasteiger partial charge in [0.1, 0.15) is 11.5 Å². The fourth-order valence-corrected chi connectivity index (χ4v) is 1.96. The first-order valence-electron chi connectivity index (χ1n) is 6.25. The predicted octanol–water partition coefficient (Wildman–Crippen LogP) is 1.23. The van der Waals surface area contributed by atoms with E-state index in [1.54, 1.807) is 27.7 Å². The van der Waals surface area contributed by atoms with E-state index in [0.717, 1.165) is 0 Å². The average Bonchev–Trinajstić information content (AvgIpc) is 2.29. The number of hydrogen-bond acceptors (Lipinski definition) is 5. The predicted molar refractivity (Wildman–Crippen MR) is 67.5 cm³/mol. The molecule has 108 valence electrons. The van der Waals surface area contributed by atoms with Crippen LogP contribution in [-0.2, 0) is 19.1 Å². The van der Waals surface area contributed by atoms with Gasteiger partial charge in [-0.05, 0) is 20.8 Å². The molecule has 19 heavy (non-hydrogen) atoms. The van der Waals surface area contributed by atoms with Crippen LogP contribution in [0.3, 0.4) is 0 Å². The average molecular weight is 271 g/mol. The van der Waals surface area contributed by atoms with Crippen molar-refractivity contribution in [2.24, 2.45) is 11.8 Å². The fraction of sp³-hybridized carbons (Fsp3) is 0.769. The monoisotopic (exact) mass is 271 g/mol. The summed E-state index contributed by atoms with van der Waals surface area (Å²) in [6, 6.07) is 0. The van der Waals surface area contributed by atoms with E-state index in [1.165, 1.54) is 12.0 Å². The molecule has 1 rings (SSSR count). The molecule has 6 heteroatoms. The zero-order chi connectivity index (χ0) is 14.8. The number of amides is 1. The third kappa shape index (κ3) is 3.94. The lowest BCUT2D eigenvalue weighted by atomic mass is 9.89. The van der Waals surface area contributed by atoms with Crippen molar-refractivity contribution in [3.8, 4) is 0 Å². The van der Waals surface area contributed by atoms with Crippen LogP contribution in [0.4, 0.5) is 4.79 Å². The summed E-state index contributed by atoms with van der Waals surface area (Å²) in [6.07, 6.45) is -0.513. The first-order chi connectivity index (χ1) is 8.65. The number of ether oxygens (including phenoxy) is 2. The SMILES string of the molecule is COC(=O)C1CN(C(=O)OC(C)(C)C)CC(C)C1=O. The van der Waals surface area contributed by atoms with Crippen LogP contribution in [0.25, 0.3) is 0 Å². The zero-order valence-corrected chi connectivity index (χ0v) is 12.1. The van der Waals surface area contributed by atoms with Gasteiger partial charge in [-0.1, -0.05) is 6.92 Å². The van der Waals surface area contributed by atoms with Crippen LogP contribution < -0.4 is 0 Å². The lowest BCUT2D eigenvalue weighted by Crippen LogP contribution is -2.52. The van der Waals surface area contributed by atoms with Crippen LogP contribution in [0.5, 0.6) is 0 Å². The third-order valence-electron chi connectivity index (χ3n) is 2.86. The second-order valence-corrected chi connectivity index (χ2v) is 5.76. The van der Waals surface area contributed by atoms with Gasteiger partial charge < -0.3 is 14.4 Å². The van der Waals surface area contributed by atoms with Crippen molar-refractivity contribution in [1.29, 1.82) is 0 Å². The van der Waals surface area contributed by atoms with Gasteiger partial charge in [0, 0.05) is 19.0 Å². The van der Waals surface area contributed by atoms with E-state index in [-0.39, 0.29) is 18.9 Å². The van der Waals surface area contributed by atoms with Crippen molar-refractivity contribution in [2.45, 2.75) is 33.3 Å². The van der Waals surface area contributed by atoms with E-state index >= 15 is 0 Å². The Kier molecular flexibility index (Phi) is 4.55. The minimum atomic E-state index is -0.915. The summed E-state index contributed by atoms with van der Waals surface area (Å²) in [6.45, 7) is 7.27. The number of esters is 1. The molecule has 2 atom stereocenters. The molecule has 0 spiro atoms. The van der Waals surface area contributed by atoms with Crippen LogP contribution >= 0.6 is 0 Å². The van der Waals surface area contributed by atoms with Gasteiger partial charge in [-0.3, -0.25) is 9.59 Å². The van der Waals surface area contributed by atoms with Crippen molar-refractivity contribution in [2.75, 3.05) is 20.2 Å². The summed E-state index contributed by atoms with van der Waals surface area (Å²) < 4.78 is 9.84. The van der Waals surface area contributed by atoms with Crippen LogP contribution in [-0.4, -0.2) is 48.5 Å². The lowest BCUT2D eigenvalue weighted by molar-refractivity contribution is -0.153. The molecule has 0 aromatic heterocycles. The number of piperidine rings is 1. The molecule has 0 saturated carbocycles. The first-order valence-corrected chi connectivity index (χ1v) is 6.25. The van der Waals surface area contributed by atoms with Crippen molar-refractivity contribution in [3.63, 3.8) is 0 Å². The Morgan fingerprint density at radius 2 is 1.84 bits per heavy atom. The summed E-state index contributed by atoms with van der Waals surface area (Å²) in [5, 5.41) is 0. The van der Waals surface area contributed by atoms with Gasteiger partial charge in [0.05, 0.1) is 7.11 Å². The van der Waals surface area contributed by atoms with Gasteiger partial charge in [0.25, 0.3) is 0 Å². The Bertz CT molecular complexity index is 385. The smallest absolute Gasteiger partial charge is 0.410 e. The fourth-order valence-electron chi connectivity index (χ4n) is 1.96. The van der Waals surface area contributed by atoms with Gasteiger partial charge >= 0.3 is 12.1 Å². The standard InChI is InChI=1S/C13H21NO5/c1-8-6-14(12(17)19-13(2,3)4)7-9(10(8)15)11(16)18-5/h8-9H,6-7H2,1-5H3. The van der Waals surface area contributed by atoms with Crippen LogP contribution in [0, 0.1) is 11.8 Å². The molecule has 1 aliphatic rings. The van der Waals surface area contributed by atoms with E-state index in [9.17, 15) is 14.4 Å². The Morgan fingerprint density at radius 3 is 2.32 bits per heavy atom. The maximum atomic E-state index is 12.0. The Morgan fingerprint density at radius 1 is 1.26 bits per heavy atom. The minimum Gasteiger partial charge on any atom is -0.468 e. The van der Waals surface area contributed by atoms with Crippen molar-refractivity contribution in [1.82, 2.24) is 4.90 Å². The van der Waals surface area contributed by atoms with Crippen molar-refractivity contribution >= 4 is 17.8 Å². The third-order valence-corrected chi connectivity index (χ3v) is 2.86. The quantitative estimate of drug-likeness (QED) is 0.530. The normalized spacial score (nSPS) is 24.1. The molecule has 6 nitrogen and oxygen atoms in total. The number of hydrogen-bond donors (Lipinski definition) is 0.